The number of rotatable bonds is 8. The Kier molecular flexibility index (Phi) is 7.84. The van der Waals surface area contributed by atoms with E-state index >= 15 is 0 Å². The zero-order chi connectivity index (χ0) is 24.9. The second kappa shape index (κ2) is 11.4. The molecule has 0 saturated carbocycles. The number of hydrogen-bond donors (Lipinski definition) is 2. The van der Waals surface area contributed by atoms with Gasteiger partial charge in [0.05, 0.1) is 18.8 Å². The van der Waals surface area contributed by atoms with Crippen LogP contribution >= 0.6 is 11.8 Å². The number of thioether (sulfide) groups is 1. The molecule has 4 aromatic rings. The summed E-state index contributed by atoms with van der Waals surface area (Å²) in [4.78, 5) is 4.43. The first kappa shape index (κ1) is 24.7. The number of aryl methyl sites for hydroxylation is 1. The molecule has 1 saturated heterocycles. The normalized spacial score (nSPS) is 19.9. The molecule has 0 radical (unpaired) electrons. The number of benzene rings is 3. The molecule has 3 atom stereocenters. The first-order valence-corrected chi connectivity index (χ1v) is 13.1. The number of ether oxygens (including phenoxy) is 2. The SMILES string of the molecule is Cn1ccnc1SC[C@H]1C[C@@H](c2ccc(CO)cc2)O[C@@H](c2ccc(-c3cccc(CN)c3)cc2)O1. The van der Waals surface area contributed by atoms with Crippen molar-refractivity contribution in [3.8, 4) is 11.1 Å². The van der Waals surface area contributed by atoms with Gasteiger partial charge >= 0.3 is 0 Å². The molecule has 3 N–H and O–H groups in total. The Morgan fingerprint density at radius 2 is 1.75 bits per heavy atom. The van der Waals surface area contributed by atoms with Crippen molar-refractivity contribution in [2.75, 3.05) is 5.75 Å². The summed E-state index contributed by atoms with van der Waals surface area (Å²) >= 11 is 1.69. The van der Waals surface area contributed by atoms with Crippen LogP contribution in [-0.4, -0.2) is 26.5 Å². The minimum atomic E-state index is -0.474. The predicted octanol–water partition coefficient (Wildman–Crippen LogP) is 5.38. The first-order valence-electron chi connectivity index (χ1n) is 12.1. The third kappa shape index (κ3) is 5.72. The highest BCUT2D eigenvalue weighted by molar-refractivity contribution is 7.99. The van der Waals surface area contributed by atoms with Gasteiger partial charge in [-0.2, -0.15) is 0 Å². The van der Waals surface area contributed by atoms with Crippen LogP contribution in [0, 0.1) is 0 Å². The van der Waals surface area contributed by atoms with E-state index in [0.717, 1.165) is 50.7 Å². The van der Waals surface area contributed by atoms with Crippen molar-refractivity contribution >= 4 is 11.8 Å². The van der Waals surface area contributed by atoms with Crippen molar-refractivity contribution in [2.24, 2.45) is 12.8 Å². The van der Waals surface area contributed by atoms with Gasteiger partial charge in [0.2, 0.25) is 0 Å². The monoisotopic (exact) mass is 501 g/mol. The van der Waals surface area contributed by atoms with Gasteiger partial charge in [0.15, 0.2) is 11.4 Å². The number of aromatic nitrogens is 2. The lowest BCUT2D eigenvalue weighted by molar-refractivity contribution is -0.245. The van der Waals surface area contributed by atoms with Crippen molar-refractivity contribution < 1.29 is 14.6 Å². The standard InChI is InChI=1S/C29H31N3O3S/c1-32-14-13-31-29(32)36-19-26-16-27(23-7-5-20(18-33)6-8-23)35-28(34-26)24-11-9-22(10-12-24)25-4-2-3-21(15-25)17-30/h2-15,26-28,33H,16-19,30H2,1H3/t26-,27+,28+/m1/s1. The Morgan fingerprint density at radius 1 is 0.972 bits per heavy atom. The smallest absolute Gasteiger partial charge is 0.184 e. The van der Waals surface area contributed by atoms with E-state index in [1.807, 2.05) is 60.4 Å². The molecule has 5 rings (SSSR count). The van der Waals surface area contributed by atoms with Crippen LogP contribution in [0.4, 0.5) is 0 Å². The van der Waals surface area contributed by atoms with Gasteiger partial charge < -0.3 is 24.9 Å². The van der Waals surface area contributed by atoms with E-state index in [4.69, 9.17) is 15.2 Å². The Balaban J connectivity index is 1.36. The van der Waals surface area contributed by atoms with Crippen LogP contribution in [0.2, 0.25) is 0 Å². The van der Waals surface area contributed by atoms with Gasteiger partial charge in [0.25, 0.3) is 0 Å². The van der Waals surface area contributed by atoms with Gasteiger partial charge in [-0.05, 0) is 33.9 Å². The van der Waals surface area contributed by atoms with Gasteiger partial charge in [-0.15, -0.1) is 0 Å². The molecule has 0 unspecified atom stereocenters. The Morgan fingerprint density at radius 3 is 2.44 bits per heavy atom. The summed E-state index contributed by atoms with van der Waals surface area (Å²) < 4.78 is 14.9. The summed E-state index contributed by atoms with van der Waals surface area (Å²) in [5.41, 5.74) is 12.2. The van der Waals surface area contributed by atoms with Gasteiger partial charge in [-0.3, -0.25) is 0 Å². The lowest BCUT2D eigenvalue weighted by Crippen LogP contribution is -2.31. The van der Waals surface area contributed by atoms with Crippen LogP contribution in [0.25, 0.3) is 11.1 Å². The Hall–Kier alpha value is -2.94. The fourth-order valence-electron chi connectivity index (χ4n) is 4.39. The van der Waals surface area contributed by atoms with Gasteiger partial charge in [0.1, 0.15) is 0 Å². The van der Waals surface area contributed by atoms with E-state index < -0.39 is 6.29 Å². The quantitative estimate of drug-likeness (QED) is 0.316. The van der Waals surface area contributed by atoms with Crippen molar-refractivity contribution in [2.45, 2.75) is 43.2 Å². The largest absolute Gasteiger partial charge is 0.392 e. The number of nitrogens with zero attached hydrogens (tertiary/aromatic N) is 2. The van der Waals surface area contributed by atoms with Crippen LogP contribution < -0.4 is 5.73 Å². The van der Waals surface area contributed by atoms with E-state index in [2.05, 4.69) is 41.4 Å². The number of imidazole rings is 1. The van der Waals surface area contributed by atoms with Gasteiger partial charge in [-0.1, -0.05) is 78.5 Å². The fraction of sp³-hybridized carbons (Fsp3) is 0.276. The van der Waals surface area contributed by atoms with Crippen molar-refractivity contribution in [1.29, 1.82) is 0 Å². The summed E-state index contributed by atoms with van der Waals surface area (Å²) in [6.07, 6.45) is 3.92. The topological polar surface area (TPSA) is 82.5 Å². The van der Waals surface area contributed by atoms with E-state index in [9.17, 15) is 5.11 Å². The molecule has 1 aromatic heterocycles. The van der Waals surface area contributed by atoms with E-state index in [1.54, 1.807) is 11.8 Å². The van der Waals surface area contributed by atoms with Crippen LogP contribution in [0.15, 0.2) is 90.3 Å². The van der Waals surface area contributed by atoms with Crippen molar-refractivity contribution in [3.63, 3.8) is 0 Å². The first-order chi connectivity index (χ1) is 17.6. The molecule has 0 bridgehead atoms. The number of aliphatic hydroxyl groups excluding tert-OH is 1. The minimum Gasteiger partial charge on any atom is -0.392 e. The average Bonchev–Trinajstić information content (AvgIpc) is 3.36. The summed E-state index contributed by atoms with van der Waals surface area (Å²) in [6, 6.07) is 24.6. The summed E-state index contributed by atoms with van der Waals surface area (Å²) in [5, 5.41) is 10.4. The summed E-state index contributed by atoms with van der Waals surface area (Å²) in [6.45, 7) is 0.551. The maximum absolute atomic E-state index is 9.42. The average molecular weight is 502 g/mol. The molecule has 1 aliphatic heterocycles. The molecular weight excluding hydrogens is 470 g/mol. The molecule has 36 heavy (non-hydrogen) atoms. The third-order valence-corrected chi connectivity index (χ3v) is 7.66. The maximum atomic E-state index is 9.42. The molecule has 6 nitrogen and oxygen atoms in total. The minimum absolute atomic E-state index is 0.00567. The van der Waals surface area contributed by atoms with Crippen LogP contribution in [0.5, 0.6) is 0 Å². The Bertz CT molecular complexity index is 1270. The highest BCUT2D eigenvalue weighted by atomic mass is 32.2. The van der Waals surface area contributed by atoms with Crippen molar-refractivity contribution in [1.82, 2.24) is 9.55 Å². The molecule has 0 amide bonds. The van der Waals surface area contributed by atoms with E-state index in [0.29, 0.717) is 6.54 Å². The van der Waals surface area contributed by atoms with Crippen molar-refractivity contribution in [3.05, 3.63) is 107 Å². The molecular formula is C29H31N3O3S. The molecule has 3 aromatic carbocycles. The second-order valence-corrected chi connectivity index (χ2v) is 10.00. The van der Waals surface area contributed by atoms with E-state index in [-0.39, 0.29) is 18.8 Å². The molecule has 2 heterocycles. The Labute approximate surface area is 216 Å². The number of nitrogens with two attached hydrogens (primary N) is 1. The third-order valence-electron chi connectivity index (χ3n) is 6.47. The fourth-order valence-corrected chi connectivity index (χ4v) is 5.34. The van der Waals surface area contributed by atoms with Crippen LogP contribution in [-0.2, 0) is 29.7 Å². The summed E-state index contributed by atoms with van der Waals surface area (Å²) in [5.74, 6) is 0.778. The molecule has 186 valence electrons. The molecule has 1 fully saturated rings. The summed E-state index contributed by atoms with van der Waals surface area (Å²) in [7, 11) is 2.00. The number of hydrogen-bond acceptors (Lipinski definition) is 6. The zero-order valence-electron chi connectivity index (χ0n) is 20.3. The molecule has 0 spiro atoms. The molecule has 7 heteroatoms. The molecule has 0 aliphatic carbocycles. The molecule has 1 aliphatic rings. The second-order valence-electron chi connectivity index (χ2n) is 9.01. The highest BCUT2D eigenvalue weighted by Gasteiger charge is 2.32. The highest BCUT2D eigenvalue weighted by Crippen LogP contribution is 2.39. The van der Waals surface area contributed by atoms with Gasteiger partial charge in [0, 0.05) is 43.7 Å². The van der Waals surface area contributed by atoms with Crippen LogP contribution in [0.3, 0.4) is 0 Å². The maximum Gasteiger partial charge on any atom is 0.184 e. The van der Waals surface area contributed by atoms with Crippen LogP contribution in [0.1, 0.15) is 41.1 Å². The predicted molar refractivity (Wildman–Crippen MR) is 142 cm³/mol. The lowest BCUT2D eigenvalue weighted by Gasteiger charge is -2.36. The van der Waals surface area contributed by atoms with E-state index in [1.165, 1.54) is 0 Å². The van der Waals surface area contributed by atoms with Gasteiger partial charge in [-0.25, -0.2) is 4.98 Å². The lowest BCUT2D eigenvalue weighted by atomic mass is 9.99. The zero-order valence-corrected chi connectivity index (χ0v) is 21.1. The number of aliphatic hydroxyl groups is 1.